The van der Waals surface area contributed by atoms with E-state index in [1.807, 2.05) is 0 Å². The highest BCUT2D eigenvalue weighted by Gasteiger charge is 2.35. The third-order valence-electron chi connectivity index (χ3n) is 7.59. The highest BCUT2D eigenvalue weighted by atomic mass is 15.2. The van der Waals surface area contributed by atoms with Gasteiger partial charge in [-0.15, -0.1) is 0 Å². The summed E-state index contributed by atoms with van der Waals surface area (Å²) in [5.41, 5.74) is 12.1. The van der Waals surface area contributed by atoms with E-state index in [9.17, 15) is 0 Å². The number of benzene rings is 4. The van der Waals surface area contributed by atoms with Gasteiger partial charge in [-0.2, -0.15) is 0 Å². The van der Waals surface area contributed by atoms with Crippen molar-refractivity contribution in [3.63, 3.8) is 0 Å². The fraction of sp³-hybridized carbons (Fsp3) is 0.294. The molecule has 0 heterocycles. The molecule has 4 aromatic carbocycles. The molecule has 0 aliphatic heterocycles. The first-order valence-corrected chi connectivity index (χ1v) is 12.8. The van der Waals surface area contributed by atoms with Crippen LogP contribution >= 0.6 is 0 Å². The van der Waals surface area contributed by atoms with Gasteiger partial charge in [0.1, 0.15) is 0 Å². The fourth-order valence-electron chi connectivity index (χ4n) is 5.57. The molecule has 1 nitrogen and oxygen atoms in total. The Labute approximate surface area is 211 Å². The van der Waals surface area contributed by atoms with E-state index in [0.29, 0.717) is 6.04 Å². The average Bonchev–Trinajstić information content (AvgIpc) is 3.06. The highest BCUT2D eigenvalue weighted by molar-refractivity contribution is 5.83. The van der Waals surface area contributed by atoms with Crippen molar-refractivity contribution >= 4 is 11.4 Å². The SMILES string of the molecule is CC(C)N(c1ccc(-c2ccc3c(c2)C(C)(C)c2ccccc2-3)cc1)c1ccc(C(C)(C)C)cc1. The van der Waals surface area contributed by atoms with Crippen LogP contribution in [0.25, 0.3) is 22.3 Å². The van der Waals surface area contributed by atoms with Crippen LogP contribution in [-0.4, -0.2) is 6.04 Å². The predicted molar refractivity (Wildman–Crippen MR) is 152 cm³/mol. The number of hydrogen-bond acceptors (Lipinski definition) is 1. The third-order valence-corrected chi connectivity index (χ3v) is 7.59. The predicted octanol–water partition coefficient (Wildman–Crippen LogP) is 9.50. The lowest BCUT2D eigenvalue weighted by Crippen LogP contribution is -2.25. The van der Waals surface area contributed by atoms with Crippen LogP contribution in [0.4, 0.5) is 11.4 Å². The second kappa shape index (κ2) is 8.41. The Morgan fingerprint density at radius 2 is 1.17 bits per heavy atom. The summed E-state index contributed by atoms with van der Waals surface area (Å²) >= 11 is 0. The monoisotopic (exact) mass is 459 g/mol. The van der Waals surface area contributed by atoms with Crippen molar-refractivity contribution in [2.24, 2.45) is 0 Å². The maximum Gasteiger partial charge on any atom is 0.0413 e. The van der Waals surface area contributed by atoms with Gasteiger partial charge in [0.15, 0.2) is 0 Å². The van der Waals surface area contributed by atoms with Crippen molar-refractivity contribution in [3.05, 3.63) is 108 Å². The fourth-order valence-corrected chi connectivity index (χ4v) is 5.57. The van der Waals surface area contributed by atoms with E-state index >= 15 is 0 Å². The zero-order chi connectivity index (χ0) is 25.0. The van der Waals surface area contributed by atoms with Gasteiger partial charge in [0.05, 0.1) is 0 Å². The summed E-state index contributed by atoms with van der Waals surface area (Å²) in [4.78, 5) is 2.42. The molecule has 1 aliphatic rings. The molecule has 0 fully saturated rings. The summed E-state index contributed by atoms with van der Waals surface area (Å²) < 4.78 is 0. The quantitative estimate of drug-likeness (QED) is 0.294. The van der Waals surface area contributed by atoms with Gasteiger partial charge in [0, 0.05) is 22.8 Å². The molecule has 178 valence electrons. The molecule has 0 bridgehead atoms. The van der Waals surface area contributed by atoms with E-state index in [-0.39, 0.29) is 10.8 Å². The van der Waals surface area contributed by atoms with E-state index in [0.717, 1.165) is 0 Å². The van der Waals surface area contributed by atoms with Crippen molar-refractivity contribution < 1.29 is 0 Å². The van der Waals surface area contributed by atoms with Crippen molar-refractivity contribution in [3.8, 4) is 22.3 Å². The number of anilines is 2. The molecule has 0 N–H and O–H groups in total. The van der Waals surface area contributed by atoms with Crippen LogP contribution in [-0.2, 0) is 10.8 Å². The van der Waals surface area contributed by atoms with Crippen molar-refractivity contribution in [1.82, 2.24) is 0 Å². The second-order valence-electron chi connectivity index (χ2n) is 11.7. The van der Waals surface area contributed by atoms with Crippen molar-refractivity contribution in [2.45, 2.75) is 65.3 Å². The number of fused-ring (bicyclic) bond motifs is 3. The summed E-state index contributed by atoms with van der Waals surface area (Å²) in [6.45, 7) is 16.0. The Hall–Kier alpha value is -3.32. The molecule has 0 spiro atoms. The lowest BCUT2D eigenvalue weighted by atomic mass is 9.81. The Kier molecular flexibility index (Phi) is 5.63. The number of hydrogen-bond donors (Lipinski definition) is 0. The normalized spacial score (nSPS) is 14.1. The molecule has 5 rings (SSSR count). The van der Waals surface area contributed by atoms with Gasteiger partial charge in [0.2, 0.25) is 0 Å². The minimum absolute atomic E-state index is 0.0233. The molecular weight excluding hydrogens is 422 g/mol. The van der Waals surface area contributed by atoms with Gasteiger partial charge in [-0.3, -0.25) is 0 Å². The molecule has 0 saturated carbocycles. The summed E-state index contributed by atoms with van der Waals surface area (Å²) in [6.07, 6.45) is 0. The molecule has 1 heteroatoms. The first-order valence-electron chi connectivity index (χ1n) is 12.8. The van der Waals surface area contributed by atoms with Crippen LogP contribution in [0.3, 0.4) is 0 Å². The Bertz CT molecular complexity index is 1350. The smallest absolute Gasteiger partial charge is 0.0413 e. The zero-order valence-electron chi connectivity index (χ0n) is 22.2. The molecule has 0 unspecified atom stereocenters. The Balaban J connectivity index is 1.46. The second-order valence-corrected chi connectivity index (χ2v) is 11.7. The Morgan fingerprint density at radius 1 is 0.629 bits per heavy atom. The topological polar surface area (TPSA) is 3.24 Å². The van der Waals surface area contributed by atoms with E-state index in [4.69, 9.17) is 0 Å². The Morgan fingerprint density at radius 3 is 1.77 bits per heavy atom. The van der Waals surface area contributed by atoms with E-state index in [1.165, 1.54) is 50.3 Å². The van der Waals surface area contributed by atoms with Crippen LogP contribution in [0.2, 0.25) is 0 Å². The maximum absolute atomic E-state index is 2.42. The average molecular weight is 460 g/mol. The minimum atomic E-state index is 0.0233. The van der Waals surface area contributed by atoms with Gasteiger partial charge in [-0.05, 0) is 88.5 Å². The van der Waals surface area contributed by atoms with Gasteiger partial charge < -0.3 is 4.90 Å². The van der Waals surface area contributed by atoms with E-state index < -0.39 is 0 Å². The van der Waals surface area contributed by atoms with Gasteiger partial charge >= 0.3 is 0 Å². The summed E-state index contributed by atoms with van der Waals surface area (Å²) in [6, 6.07) is 34.3. The third kappa shape index (κ3) is 4.08. The minimum Gasteiger partial charge on any atom is -0.339 e. The lowest BCUT2D eigenvalue weighted by Gasteiger charge is -2.30. The molecule has 4 aromatic rings. The van der Waals surface area contributed by atoms with Gasteiger partial charge in [-0.25, -0.2) is 0 Å². The zero-order valence-corrected chi connectivity index (χ0v) is 22.2. The number of nitrogens with zero attached hydrogens (tertiary/aromatic N) is 1. The first-order chi connectivity index (χ1) is 16.6. The maximum atomic E-state index is 2.42. The molecule has 1 aliphatic carbocycles. The van der Waals surface area contributed by atoms with Crippen LogP contribution in [0.5, 0.6) is 0 Å². The highest BCUT2D eigenvalue weighted by Crippen LogP contribution is 2.49. The van der Waals surface area contributed by atoms with Crippen LogP contribution in [0, 0.1) is 0 Å². The van der Waals surface area contributed by atoms with Crippen molar-refractivity contribution in [1.29, 1.82) is 0 Å². The summed E-state index contributed by atoms with van der Waals surface area (Å²) in [7, 11) is 0. The van der Waals surface area contributed by atoms with Crippen LogP contribution < -0.4 is 4.90 Å². The molecule has 0 saturated heterocycles. The van der Waals surface area contributed by atoms with E-state index in [1.54, 1.807) is 0 Å². The summed E-state index contributed by atoms with van der Waals surface area (Å²) in [5.74, 6) is 0. The number of rotatable bonds is 4. The molecule has 0 aromatic heterocycles. The molecule has 0 atom stereocenters. The molecule has 0 radical (unpaired) electrons. The molecule has 35 heavy (non-hydrogen) atoms. The van der Waals surface area contributed by atoms with Gasteiger partial charge in [0.25, 0.3) is 0 Å². The van der Waals surface area contributed by atoms with Gasteiger partial charge in [-0.1, -0.05) is 95.3 Å². The van der Waals surface area contributed by atoms with Crippen LogP contribution in [0.1, 0.15) is 65.2 Å². The lowest BCUT2D eigenvalue weighted by molar-refractivity contribution is 0.590. The first kappa shape index (κ1) is 23.4. The van der Waals surface area contributed by atoms with Crippen LogP contribution in [0.15, 0.2) is 91.0 Å². The van der Waals surface area contributed by atoms with Crippen molar-refractivity contribution in [2.75, 3.05) is 4.90 Å². The summed E-state index contributed by atoms with van der Waals surface area (Å²) in [5, 5.41) is 0. The van der Waals surface area contributed by atoms with E-state index in [2.05, 4.69) is 144 Å². The molecular formula is C34H37N. The standard InChI is InChI=1S/C34H37N/c1-23(2)35(28-19-15-26(16-20-28)33(3,4)5)27-17-12-24(13-18-27)25-14-21-30-29-10-8-9-11-31(29)34(6,7)32(30)22-25/h8-23H,1-7H3. The largest absolute Gasteiger partial charge is 0.339 e. The molecule has 0 amide bonds.